The van der Waals surface area contributed by atoms with Crippen LogP contribution in [-0.2, 0) is 14.3 Å². The maximum Gasteiger partial charge on any atom is 0.407 e. The molecule has 1 aromatic rings. The number of nitrogen functional groups attached to an aromatic ring is 1. The minimum Gasteiger partial charge on any atom is -0.480 e. The van der Waals surface area contributed by atoms with Gasteiger partial charge in [0.1, 0.15) is 11.9 Å². The average Bonchev–Trinajstić information content (AvgIpc) is 2.91. The Morgan fingerprint density at radius 2 is 2.03 bits per heavy atom. The van der Waals surface area contributed by atoms with E-state index in [9.17, 15) is 19.5 Å². The summed E-state index contributed by atoms with van der Waals surface area (Å²) in [5.41, 5.74) is 8.99. The van der Waals surface area contributed by atoms with Gasteiger partial charge in [0, 0.05) is 44.2 Å². The molecule has 37 heavy (non-hydrogen) atoms. The summed E-state index contributed by atoms with van der Waals surface area (Å²) in [5.74, 6) is -0.875. The van der Waals surface area contributed by atoms with Gasteiger partial charge in [-0.3, -0.25) is 9.79 Å². The number of carboxylic acids is 1. The van der Waals surface area contributed by atoms with Crippen LogP contribution in [0.5, 0.6) is 0 Å². The number of rotatable bonds is 12. The Hall–Kier alpha value is -3.50. The molecule has 0 spiro atoms. The lowest BCUT2D eigenvalue weighted by atomic mass is 9.95. The molecule has 2 heterocycles. The van der Waals surface area contributed by atoms with Gasteiger partial charge in [-0.15, -0.1) is 0 Å². The van der Waals surface area contributed by atoms with Crippen molar-refractivity contribution in [1.29, 1.82) is 0 Å². The number of hydrogen-bond acceptors (Lipinski definition) is 8. The molecule has 1 atom stereocenters. The van der Waals surface area contributed by atoms with E-state index in [1.54, 1.807) is 0 Å². The average molecular weight is 517 g/mol. The number of para-hydroxylation sites is 1. The number of nitrogens with one attached hydrogen (secondary N) is 3. The number of nitrogens with two attached hydrogens (primary N) is 1. The van der Waals surface area contributed by atoms with Gasteiger partial charge in [-0.2, -0.15) is 0 Å². The molecule has 1 fully saturated rings. The Morgan fingerprint density at radius 3 is 2.70 bits per heavy atom. The van der Waals surface area contributed by atoms with Gasteiger partial charge in [0.2, 0.25) is 5.91 Å². The van der Waals surface area contributed by atoms with Gasteiger partial charge in [-0.1, -0.05) is 32.3 Å². The molecule has 3 rings (SSSR count). The summed E-state index contributed by atoms with van der Waals surface area (Å²) in [7, 11) is 0. The lowest BCUT2D eigenvalue weighted by Gasteiger charge is -2.34. The highest BCUT2D eigenvalue weighted by atomic mass is 16.5. The Labute approximate surface area is 218 Å². The summed E-state index contributed by atoms with van der Waals surface area (Å²) >= 11 is 0. The highest BCUT2D eigenvalue weighted by Crippen LogP contribution is 2.31. The van der Waals surface area contributed by atoms with Gasteiger partial charge in [0.15, 0.2) is 0 Å². The molecule has 204 valence electrons. The number of amides is 2. The predicted octanol–water partition coefficient (Wildman–Crippen LogP) is 2.10. The molecule has 11 nitrogen and oxygen atoms in total. The Bertz CT molecular complexity index is 961. The quantitative estimate of drug-likeness (QED) is 0.209. The monoisotopic (exact) mass is 516 g/mol. The molecule has 0 unspecified atom stereocenters. The minimum atomic E-state index is -1.26. The maximum atomic E-state index is 12.7. The van der Waals surface area contributed by atoms with Crippen LogP contribution >= 0.6 is 0 Å². The molecule has 2 aliphatic heterocycles. The van der Waals surface area contributed by atoms with Crippen LogP contribution in [0.1, 0.15) is 57.4 Å². The third-order valence-electron chi connectivity index (χ3n) is 6.74. The van der Waals surface area contributed by atoms with Crippen LogP contribution in [0.3, 0.4) is 0 Å². The normalized spacial score (nSPS) is 16.8. The molecule has 1 saturated heterocycles. The van der Waals surface area contributed by atoms with E-state index in [1.165, 1.54) is 0 Å². The van der Waals surface area contributed by atoms with Crippen molar-refractivity contribution in [3.8, 4) is 0 Å². The molecule has 0 aliphatic carbocycles. The zero-order valence-corrected chi connectivity index (χ0v) is 21.6. The molecule has 0 radical (unpaired) electrons. The summed E-state index contributed by atoms with van der Waals surface area (Å²) in [6.45, 7) is 5.08. The van der Waals surface area contributed by atoms with E-state index >= 15 is 0 Å². The summed E-state index contributed by atoms with van der Waals surface area (Å²) in [5, 5.41) is 17.8. The first-order valence-corrected chi connectivity index (χ1v) is 13.3. The van der Waals surface area contributed by atoms with Crippen molar-refractivity contribution in [2.24, 2.45) is 10.9 Å². The van der Waals surface area contributed by atoms with E-state index in [-0.39, 0.29) is 25.0 Å². The fraction of sp³-hybridized carbons (Fsp3) is 0.615. The van der Waals surface area contributed by atoms with E-state index in [4.69, 9.17) is 10.5 Å². The second-order valence-electron chi connectivity index (χ2n) is 9.49. The standard InChI is InChI=1S/C26H40N6O5/c1-2-3-4-5-16-37-26(36)31-20(25(34)35)17-30-24(33)18-10-14-32(15-11-18)21-9-6-8-19(22(21)27)23-28-12-7-13-29-23/h6,8-9,18,20H,2-5,7,10-17,27H2,1H3,(H,28,29)(H,30,33)(H,31,36)(H,34,35)/t20-/m0/s1. The summed E-state index contributed by atoms with van der Waals surface area (Å²) in [6.07, 6.45) is 5.24. The molecule has 6 N–H and O–H groups in total. The third-order valence-corrected chi connectivity index (χ3v) is 6.74. The SMILES string of the molecule is CCCCCCOC(=O)N[C@@H](CNC(=O)C1CCN(c2cccc(C3=NCCCN3)c2N)CC1)C(=O)O. The number of unbranched alkanes of at least 4 members (excludes halogenated alkanes) is 3. The van der Waals surface area contributed by atoms with Gasteiger partial charge in [-0.05, 0) is 37.8 Å². The molecule has 11 heteroatoms. The lowest BCUT2D eigenvalue weighted by Crippen LogP contribution is -2.50. The van der Waals surface area contributed by atoms with Crippen LogP contribution in [0.2, 0.25) is 0 Å². The topological polar surface area (TPSA) is 158 Å². The number of aliphatic imine (C=N–C) groups is 1. The summed E-state index contributed by atoms with van der Waals surface area (Å²) in [4.78, 5) is 42.9. The zero-order chi connectivity index (χ0) is 26.6. The van der Waals surface area contributed by atoms with Crippen molar-refractivity contribution in [3.05, 3.63) is 23.8 Å². The highest BCUT2D eigenvalue weighted by Gasteiger charge is 2.28. The minimum absolute atomic E-state index is 0.205. The number of amidine groups is 1. The van der Waals surface area contributed by atoms with Gasteiger partial charge < -0.3 is 36.4 Å². The number of nitrogens with zero attached hydrogens (tertiary/aromatic N) is 2. The predicted molar refractivity (Wildman–Crippen MR) is 143 cm³/mol. The molecule has 2 aliphatic rings. The zero-order valence-electron chi connectivity index (χ0n) is 21.6. The number of benzene rings is 1. The van der Waals surface area contributed by atoms with Crippen molar-refractivity contribution in [2.45, 2.75) is 57.9 Å². The number of hydrogen-bond donors (Lipinski definition) is 5. The number of carboxylic acid groups (broad SMARTS) is 1. The van der Waals surface area contributed by atoms with Crippen LogP contribution in [0.15, 0.2) is 23.2 Å². The lowest BCUT2D eigenvalue weighted by molar-refractivity contribution is -0.139. The molecule has 0 bridgehead atoms. The van der Waals surface area contributed by atoms with Gasteiger partial charge >= 0.3 is 12.1 Å². The largest absolute Gasteiger partial charge is 0.480 e. The van der Waals surface area contributed by atoms with E-state index in [2.05, 4.69) is 32.8 Å². The van der Waals surface area contributed by atoms with Crippen molar-refractivity contribution >= 4 is 35.2 Å². The molecular weight excluding hydrogens is 476 g/mol. The second-order valence-corrected chi connectivity index (χ2v) is 9.49. The molecular formula is C26H40N6O5. The van der Waals surface area contributed by atoms with Crippen molar-refractivity contribution in [1.82, 2.24) is 16.0 Å². The Kier molecular flexibility index (Phi) is 10.8. The number of alkyl carbamates (subject to hydrolysis) is 1. The van der Waals surface area contributed by atoms with Crippen LogP contribution in [-0.4, -0.2) is 74.3 Å². The number of carbonyl (C=O) groups is 3. The third kappa shape index (κ3) is 8.26. The van der Waals surface area contributed by atoms with E-state index in [0.29, 0.717) is 31.6 Å². The van der Waals surface area contributed by atoms with Crippen LogP contribution < -0.4 is 26.6 Å². The summed E-state index contributed by atoms with van der Waals surface area (Å²) < 4.78 is 5.05. The number of piperidine rings is 1. The number of anilines is 2. The second kappa shape index (κ2) is 14.3. The molecule has 0 aromatic heterocycles. The first kappa shape index (κ1) is 28.1. The number of carbonyl (C=O) groups excluding carboxylic acids is 2. The van der Waals surface area contributed by atoms with Crippen molar-refractivity contribution in [2.75, 3.05) is 50.0 Å². The van der Waals surface area contributed by atoms with E-state index in [0.717, 1.165) is 62.3 Å². The molecule has 1 aromatic carbocycles. The van der Waals surface area contributed by atoms with Crippen LogP contribution in [0.25, 0.3) is 0 Å². The van der Waals surface area contributed by atoms with Gasteiger partial charge in [0.25, 0.3) is 0 Å². The Balaban J connectivity index is 1.46. The fourth-order valence-corrected chi connectivity index (χ4v) is 4.56. The fourth-order valence-electron chi connectivity index (χ4n) is 4.56. The first-order valence-electron chi connectivity index (χ1n) is 13.3. The maximum absolute atomic E-state index is 12.7. The van der Waals surface area contributed by atoms with Crippen LogP contribution in [0, 0.1) is 5.92 Å². The smallest absolute Gasteiger partial charge is 0.407 e. The highest BCUT2D eigenvalue weighted by molar-refractivity contribution is 6.05. The Morgan fingerprint density at radius 1 is 1.24 bits per heavy atom. The number of ether oxygens (including phenoxy) is 1. The summed E-state index contributed by atoms with van der Waals surface area (Å²) in [6, 6.07) is 4.65. The van der Waals surface area contributed by atoms with Crippen molar-refractivity contribution in [3.63, 3.8) is 0 Å². The van der Waals surface area contributed by atoms with Gasteiger partial charge in [0.05, 0.1) is 18.0 Å². The van der Waals surface area contributed by atoms with E-state index < -0.39 is 18.1 Å². The number of aliphatic carboxylic acids is 1. The molecule has 2 amide bonds. The molecule has 0 saturated carbocycles. The van der Waals surface area contributed by atoms with E-state index in [1.807, 2.05) is 18.2 Å². The first-order chi connectivity index (χ1) is 17.9. The van der Waals surface area contributed by atoms with Gasteiger partial charge in [-0.25, -0.2) is 9.59 Å². The van der Waals surface area contributed by atoms with Crippen LogP contribution in [0.4, 0.5) is 16.2 Å². The van der Waals surface area contributed by atoms with Crippen molar-refractivity contribution < 1.29 is 24.2 Å².